The number of halogens is 3. The third-order valence-electron chi connectivity index (χ3n) is 5.91. The number of carboxylic acid groups (broad SMARTS) is 1. The zero-order chi connectivity index (χ0) is 30.1. The molecule has 4 rings (SSSR count). The Morgan fingerprint density at radius 2 is 1.45 bits per heavy atom. The number of alkyl halides is 3. The number of carbonyl (C=O) groups excluding carboxylic acids is 2. The fraction of sp³-hybridized carbons (Fsp3) is 0.129. The number of aliphatic carboxylic acids is 1. The highest BCUT2D eigenvalue weighted by Gasteiger charge is 2.31. The van der Waals surface area contributed by atoms with E-state index in [-0.39, 0.29) is 30.8 Å². The number of hydrogen-bond acceptors (Lipinski definition) is 5. The van der Waals surface area contributed by atoms with E-state index in [0.29, 0.717) is 11.3 Å². The molecule has 4 aromatic carbocycles. The number of carboxylic acids is 1. The van der Waals surface area contributed by atoms with Gasteiger partial charge in [0.25, 0.3) is 5.91 Å². The van der Waals surface area contributed by atoms with Crippen molar-refractivity contribution in [2.75, 3.05) is 11.4 Å². The third-order valence-corrected chi connectivity index (χ3v) is 5.91. The van der Waals surface area contributed by atoms with Crippen molar-refractivity contribution in [2.45, 2.75) is 19.3 Å². The number of hydrogen-bond donors (Lipinski definition) is 2. The van der Waals surface area contributed by atoms with Crippen molar-refractivity contribution in [3.05, 3.63) is 114 Å². The molecule has 0 aliphatic rings. The molecule has 0 saturated heterocycles. The Morgan fingerprint density at radius 3 is 2.14 bits per heavy atom. The Bertz CT molecular complexity index is 1540. The zero-order valence-electron chi connectivity index (χ0n) is 22.0. The first kappa shape index (κ1) is 29.7. The standard InChI is InChI=1S/C31H25F3N2O6/c32-31(33,34)42-27-11-4-6-21(18-27)20-36(25-14-12-23(13-15-25)29(39)35-17-16-28(37)38)30(40)41-26-10-5-9-24(19-26)22-7-2-1-3-8-22/h1-15,18-19H,16-17,20H2,(H,35,39)(H,37,38). The van der Waals surface area contributed by atoms with Gasteiger partial charge in [0.2, 0.25) is 0 Å². The van der Waals surface area contributed by atoms with E-state index in [9.17, 15) is 27.6 Å². The van der Waals surface area contributed by atoms with Crippen molar-refractivity contribution in [2.24, 2.45) is 0 Å². The highest BCUT2D eigenvalue weighted by Crippen LogP contribution is 2.28. The van der Waals surface area contributed by atoms with Crippen LogP contribution in [0, 0.1) is 0 Å². The first-order valence-electron chi connectivity index (χ1n) is 12.7. The summed E-state index contributed by atoms with van der Waals surface area (Å²) in [6.45, 7) is -0.247. The highest BCUT2D eigenvalue weighted by atomic mass is 19.4. The fourth-order valence-electron chi connectivity index (χ4n) is 3.99. The summed E-state index contributed by atoms with van der Waals surface area (Å²) in [5.41, 5.74) is 2.55. The number of ether oxygens (including phenoxy) is 2. The second kappa shape index (κ2) is 13.4. The van der Waals surface area contributed by atoms with Gasteiger partial charge in [-0.05, 0) is 65.2 Å². The number of rotatable bonds is 10. The van der Waals surface area contributed by atoms with E-state index in [1.165, 1.54) is 41.3 Å². The maximum absolute atomic E-state index is 13.5. The molecule has 8 nitrogen and oxygen atoms in total. The summed E-state index contributed by atoms with van der Waals surface area (Å²) in [6.07, 6.45) is -5.95. The van der Waals surface area contributed by atoms with Crippen molar-refractivity contribution in [3.8, 4) is 22.6 Å². The summed E-state index contributed by atoms with van der Waals surface area (Å²) in [7, 11) is 0. The first-order chi connectivity index (χ1) is 20.1. The molecule has 0 aromatic heterocycles. The molecule has 2 amide bonds. The molecule has 0 radical (unpaired) electrons. The summed E-state index contributed by atoms with van der Waals surface area (Å²) in [5.74, 6) is -1.77. The molecular formula is C31H25F3N2O6. The molecule has 0 atom stereocenters. The fourth-order valence-corrected chi connectivity index (χ4v) is 3.99. The molecular weight excluding hydrogens is 553 g/mol. The van der Waals surface area contributed by atoms with Gasteiger partial charge in [-0.25, -0.2) is 4.79 Å². The van der Waals surface area contributed by atoms with Crippen LogP contribution >= 0.6 is 0 Å². The average molecular weight is 579 g/mol. The maximum Gasteiger partial charge on any atom is 0.573 e. The monoisotopic (exact) mass is 578 g/mol. The predicted octanol–water partition coefficient (Wildman–Crippen LogP) is 6.66. The Labute approximate surface area is 238 Å². The van der Waals surface area contributed by atoms with Gasteiger partial charge >= 0.3 is 18.4 Å². The topological polar surface area (TPSA) is 105 Å². The lowest BCUT2D eigenvalue weighted by Gasteiger charge is -2.23. The van der Waals surface area contributed by atoms with Crippen LogP contribution in [0.15, 0.2) is 103 Å². The molecule has 0 saturated carbocycles. The van der Waals surface area contributed by atoms with E-state index in [1.807, 2.05) is 36.4 Å². The van der Waals surface area contributed by atoms with Gasteiger partial charge in [0.15, 0.2) is 0 Å². The van der Waals surface area contributed by atoms with Gasteiger partial charge in [-0.3, -0.25) is 14.5 Å². The van der Waals surface area contributed by atoms with Gasteiger partial charge in [-0.2, -0.15) is 0 Å². The van der Waals surface area contributed by atoms with E-state index in [0.717, 1.165) is 23.3 Å². The van der Waals surface area contributed by atoms with Crippen molar-refractivity contribution in [1.82, 2.24) is 5.32 Å². The van der Waals surface area contributed by atoms with E-state index in [1.54, 1.807) is 18.2 Å². The van der Waals surface area contributed by atoms with Gasteiger partial charge in [-0.15, -0.1) is 13.2 Å². The minimum atomic E-state index is -4.89. The van der Waals surface area contributed by atoms with Crippen LogP contribution in [0.4, 0.5) is 23.7 Å². The van der Waals surface area contributed by atoms with Crippen LogP contribution in [0.5, 0.6) is 11.5 Å². The van der Waals surface area contributed by atoms with Crippen LogP contribution in [-0.4, -0.2) is 36.0 Å². The van der Waals surface area contributed by atoms with E-state index in [2.05, 4.69) is 10.1 Å². The summed E-state index contributed by atoms with van der Waals surface area (Å²) in [5, 5.41) is 11.2. The SMILES string of the molecule is O=C(O)CCNC(=O)c1ccc(N(Cc2cccc(OC(F)(F)F)c2)C(=O)Oc2cccc(-c3ccccc3)c2)cc1. The molecule has 0 heterocycles. The predicted molar refractivity (Wildman–Crippen MR) is 148 cm³/mol. The Balaban J connectivity index is 1.59. The minimum Gasteiger partial charge on any atom is -0.481 e. The van der Waals surface area contributed by atoms with Gasteiger partial charge in [0.05, 0.1) is 13.0 Å². The molecule has 0 aliphatic heterocycles. The average Bonchev–Trinajstić information content (AvgIpc) is 2.95. The second-order valence-corrected chi connectivity index (χ2v) is 8.99. The number of nitrogens with one attached hydrogen (secondary N) is 1. The molecule has 42 heavy (non-hydrogen) atoms. The summed E-state index contributed by atoms with van der Waals surface area (Å²) in [6, 6.07) is 27.4. The Morgan fingerprint density at radius 1 is 0.786 bits per heavy atom. The molecule has 0 unspecified atom stereocenters. The summed E-state index contributed by atoms with van der Waals surface area (Å²) >= 11 is 0. The molecule has 0 bridgehead atoms. The largest absolute Gasteiger partial charge is 0.573 e. The smallest absolute Gasteiger partial charge is 0.481 e. The van der Waals surface area contributed by atoms with Gasteiger partial charge < -0.3 is 19.9 Å². The number of benzene rings is 4. The summed E-state index contributed by atoms with van der Waals surface area (Å²) in [4.78, 5) is 37.7. The number of amides is 2. The van der Waals surface area contributed by atoms with Crippen molar-refractivity contribution in [1.29, 1.82) is 0 Å². The van der Waals surface area contributed by atoms with E-state index in [4.69, 9.17) is 9.84 Å². The summed E-state index contributed by atoms with van der Waals surface area (Å²) < 4.78 is 48.0. The molecule has 0 aliphatic carbocycles. The van der Waals surface area contributed by atoms with Crippen molar-refractivity contribution >= 4 is 23.7 Å². The second-order valence-electron chi connectivity index (χ2n) is 8.99. The highest BCUT2D eigenvalue weighted by molar-refractivity contribution is 5.95. The van der Waals surface area contributed by atoms with Gasteiger partial charge in [0.1, 0.15) is 11.5 Å². The Kier molecular flexibility index (Phi) is 9.43. The minimum absolute atomic E-state index is 0.0627. The lowest BCUT2D eigenvalue weighted by atomic mass is 10.1. The Hall–Kier alpha value is -5.32. The molecule has 0 fully saturated rings. The lowest BCUT2D eigenvalue weighted by molar-refractivity contribution is -0.274. The number of nitrogens with zero attached hydrogens (tertiary/aromatic N) is 1. The lowest BCUT2D eigenvalue weighted by Crippen LogP contribution is -2.33. The van der Waals surface area contributed by atoms with Crippen LogP contribution in [-0.2, 0) is 11.3 Å². The number of anilines is 1. The van der Waals surface area contributed by atoms with Crippen LogP contribution in [0.3, 0.4) is 0 Å². The maximum atomic E-state index is 13.5. The molecule has 2 N–H and O–H groups in total. The van der Waals surface area contributed by atoms with E-state index < -0.39 is 30.1 Å². The van der Waals surface area contributed by atoms with Crippen molar-refractivity contribution < 1.29 is 42.1 Å². The molecule has 216 valence electrons. The number of carbonyl (C=O) groups is 3. The quantitative estimate of drug-likeness (QED) is 0.218. The first-order valence-corrected chi connectivity index (χ1v) is 12.7. The van der Waals surface area contributed by atoms with Crippen LogP contribution in [0.25, 0.3) is 11.1 Å². The van der Waals surface area contributed by atoms with Gasteiger partial charge in [-0.1, -0.05) is 54.6 Å². The van der Waals surface area contributed by atoms with Crippen molar-refractivity contribution in [3.63, 3.8) is 0 Å². The van der Waals surface area contributed by atoms with Crippen LogP contribution in [0.2, 0.25) is 0 Å². The van der Waals surface area contributed by atoms with E-state index >= 15 is 0 Å². The zero-order valence-corrected chi connectivity index (χ0v) is 22.0. The normalized spacial score (nSPS) is 10.9. The molecule has 0 spiro atoms. The molecule has 11 heteroatoms. The van der Waals surface area contributed by atoms with Gasteiger partial charge in [0, 0.05) is 17.8 Å². The molecule has 4 aromatic rings. The van der Waals surface area contributed by atoms with Crippen LogP contribution < -0.4 is 19.7 Å². The van der Waals surface area contributed by atoms with Crippen LogP contribution in [0.1, 0.15) is 22.3 Å². The third kappa shape index (κ3) is 8.59.